The molecule has 0 unspecified atom stereocenters. The lowest BCUT2D eigenvalue weighted by Crippen LogP contribution is -2.51. The zero-order valence-electron chi connectivity index (χ0n) is 12.5. The van der Waals surface area contributed by atoms with Gasteiger partial charge in [0.15, 0.2) is 0 Å². The number of rotatable bonds is 3. The van der Waals surface area contributed by atoms with Gasteiger partial charge in [-0.2, -0.15) is 0 Å². The highest BCUT2D eigenvalue weighted by Crippen LogP contribution is 2.10. The molecule has 1 N–H and O–H groups in total. The van der Waals surface area contributed by atoms with Crippen molar-refractivity contribution in [3.8, 4) is 0 Å². The monoisotopic (exact) mass is 291 g/mol. The molecule has 1 aliphatic rings. The van der Waals surface area contributed by atoms with E-state index >= 15 is 0 Å². The van der Waals surface area contributed by atoms with Crippen LogP contribution in [0.25, 0.3) is 0 Å². The quantitative estimate of drug-likeness (QED) is 0.891. The predicted molar refractivity (Wildman–Crippen MR) is 79.0 cm³/mol. The van der Waals surface area contributed by atoms with Gasteiger partial charge in [0.2, 0.25) is 11.5 Å². The van der Waals surface area contributed by atoms with Gasteiger partial charge in [0.1, 0.15) is 5.69 Å². The van der Waals surface area contributed by atoms with Gasteiger partial charge in [0.25, 0.3) is 5.91 Å². The lowest BCUT2D eigenvalue weighted by molar-refractivity contribution is -0.133. The number of aromatic nitrogens is 1. The first-order valence-electron chi connectivity index (χ1n) is 7.24. The Kier molecular flexibility index (Phi) is 4.77. The Balaban J connectivity index is 1.93. The number of nitrogens with one attached hydrogen (secondary N) is 1. The SMILES string of the molecule is CC(C)CC(=O)N1CCN(C(=O)c2cccc(=O)[nH]2)CC1. The standard InChI is InChI=1S/C15H21N3O3/c1-11(2)10-14(20)17-6-8-18(9-7-17)15(21)12-4-3-5-13(19)16-12/h3-5,11H,6-10H2,1-2H3,(H,16,19). The van der Waals surface area contributed by atoms with Crippen LogP contribution < -0.4 is 5.56 Å². The maximum atomic E-state index is 12.3. The zero-order chi connectivity index (χ0) is 15.4. The second kappa shape index (κ2) is 6.56. The van der Waals surface area contributed by atoms with E-state index in [1.165, 1.54) is 6.07 Å². The van der Waals surface area contributed by atoms with Crippen LogP contribution in [-0.4, -0.2) is 52.8 Å². The smallest absolute Gasteiger partial charge is 0.270 e. The average molecular weight is 291 g/mol. The van der Waals surface area contributed by atoms with Crippen molar-refractivity contribution in [1.29, 1.82) is 0 Å². The number of carbonyl (C=O) groups is 2. The van der Waals surface area contributed by atoms with Gasteiger partial charge in [-0.1, -0.05) is 19.9 Å². The molecule has 1 fully saturated rings. The highest BCUT2D eigenvalue weighted by molar-refractivity contribution is 5.92. The van der Waals surface area contributed by atoms with E-state index in [1.807, 2.05) is 13.8 Å². The largest absolute Gasteiger partial charge is 0.339 e. The maximum Gasteiger partial charge on any atom is 0.270 e. The van der Waals surface area contributed by atoms with E-state index in [0.29, 0.717) is 44.2 Å². The molecule has 2 heterocycles. The van der Waals surface area contributed by atoms with Crippen molar-refractivity contribution in [2.45, 2.75) is 20.3 Å². The van der Waals surface area contributed by atoms with Gasteiger partial charge in [0, 0.05) is 38.7 Å². The van der Waals surface area contributed by atoms with Crippen LogP contribution >= 0.6 is 0 Å². The third-order valence-corrected chi connectivity index (χ3v) is 3.50. The summed E-state index contributed by atoms with van der Waals surface area (Å²) in [7, 11) is 0. The van der Waals surface area contributed by atoms with Gasteiger partial charge < -0.3 is 14.8 Å². The summed E-state index contributed by atoms with van der Waals surface area (Å²) < 4.78 is 0. The molecule has 2 amide bonds. The second-order valence-corrected chi connectivity index (χ2v) is 5.70. The van der Waals surface area contributed by atoms with Crippen LogP contribution in [0.1, 0.15) is 30.8 Å². The van der Waals surface area contributed by atoms with Crippen molar-refractivity contribution in [3.63, 3.8) is 0 Å². The lowest BCUT2D eigenvalue weighted by Gasteiger charge is -2.35. The third kappa shape index (κ3) is 3.93. The van der Waals surface area contributed by atoms with Gasteiger partial charge in [-0.15, -0.1) is 0 Å². The summed E-state index contributed by atoms with van der Waals surface area (Å²) in [6.45, 7) is 6.13. The van der Waals surface area contributed by atoms with Gasteiger partial charge in [-0.3, -0.25) is 14.4 Å². The molecule has 6 heteroatoms. The van der Waals surface area contributed by atoms with Crippen LogP contribution in [0.15, 0.2) is 23.0 Å². The summed E-state index contributed by atoms with van der Waals surface area (Å²) in [5.74, 6) is 0.292. The third-order valence-electron chi connectivity index (χ3n) is 3.50. The molecule has 0 aliphatic carbocycles. The first-order chi connectivity index (χ1) is 9.97. The molecule has 2 rings (SSSR count). The van der Waals surface area contributed by atoms with E-state index < -0.39 is 0 Å². The summed E-state index contributed by atoms with van der Waals surface area (Å²) in [6.07, 6.45) is 0.542. The minimum Gasteiger partial charge on any atom is -0.339 e. The van der Waals surface area contributed by atoms with E-state index in [1.54, 1.807) is 21.9 Å². The minimum absolute atomic E-state index is 0.144. The molecule has 6 nitrogen and oxygen atoms in total. The molecule has 0 radical (unpaired) electrons. The Morgan fingerprint density at radius 1 is 1.14 bits per heavy atom. The van der Waals surface area contributed by atoms with Gasteiger partial charge in [0.05, 0.1) is 0 Å². The molecule has 1 aromatic rings. The fourth-order valence-electron chi connectivity index (χ4n) is 2.38. The zero-order valence-corrected chi connectivity index (χ0v) is 12.5. The van der Waals surface area contributed by atoms with Gasteiger partial charge >= 0.3 is 0 Å². The number of nitrogens with zero attached hydrogens (tertiary/aromatic N) is 2. The number of aromatic amines is 1. The van der Waals surface area contributed by atoms with E-state index in [-0.39, 0.29) is 17.4 Å². The Hall–Kier alpha value is -2.11. The van der Waals surface area contributed by atoms with E-state index in [0.717, 1.165) is 0 Å². The molecular formula is C15H21N3O3. The van der Waals surface area contributed by atoms with Crippen molar-refractivity contribution in [2.75, 3.05) is 26.2 Å². The second-order valence-electron chi connectivity index (χ2n) is 5.70. The summed E-state index contributed by atoms with van der Waals surface area (Å²) in [4.78, 5) is 41.5. The van der Waals surface area contributed by atoms with E-state index in [2.05, 4.69) is 4.98 Å². The van der Waals surface area contributed by atoms with Gasteiger partial charge in [-0.05, 0) is 12.0 Å². The molecule has 114 valence electrons. The van der Waals surface area contributed by atoms with Crippen LogP contribution in [0.5, 0.6) is 0 Å². The summed E-state index contributed by atoms with van der Waals surface area (Å²) in [6, 6.07) is 4.54. The predicted octanol–water partition coefficient (Wildman–Crippen LogP) is 0.705. The van der Waals surface area contributed by atoms with Gasteiger partial charge in [-0.25, -0.2) is 0 Å². The summed E-state index contributed by atoms with van der Waals surface area (Å²) in [5.41, 5.74) is 0.0102. The molecule has 21 heavy (non-hydrogen) atoms. The Morgan fingerprint density at radius 2 is 1.76 bits per heavy atom. The Labute approximate surface area is 123 Å². The normalized spacial score (nSPS) is 15.4. The highest BCUT2D eigenvalue weighted by Gasteiger charge is 2.25. The molecule has 0 aromatic carbocycles. The number of H-pyrrole nitrogens is 1. The molecule has 1 aromatic heterocycles. The number of piperazine rings is 1. The Bertz CT molecular complexity index is 572. The minimum atomic E-state index is -0.286. The number of carbonyl (C=O) groups excluding carboxylic acids is 2. The summed E-state index contributed by atoms with van der Waals surface area (Å²) in [5, 5.41) is 0. The summed E-state index contributed by atoms with van der Waals surface area (Å²) >= 11 is 0. The molecule has 1 saturated heterocycles. The first kappa shape index (κ1) is 15.3. The number of pyridine rings is 1. The van der Waals surface area contributed by atoms with Crippen LogP contribution in [0.2, 0.25) is 0 Å². The van der Waals surface area contributed by atoms with Crippen molar-refractivity contribution < 1.29 is 9.59 Å². The number of hydrogen-bond acceptors (Lipinski definition) is 3. The lowest BCUT2D eigenvalue weighted by atomic mass is 10.1. The van der Waals surface area contributed by atoms with E-state index in [9.17, 15) is 14.4 Å². The first-order valence-corrected chi connectivity index (χ1v) is 7.24. The van der Waals surface area contributed by atoms with E-state index in [4.69, 9.17) is 0 Å². The molecule has 0 spiro atoms. The number of amides is 2. The fraction of sp³-hybridized carbons (Fsp3) is 0.533. The molecular weight excluding hydrogens is 270 g/mol. The number of hydrogen-bond donors (Lipinski definition) is 1. The maximum absolute atomic E-state index is 12.3. The van der Waals surface area contributed by atoms with Crippen LogP contribution in [0, 0.1) is 5.92 Å². The van der Waals surface area contributed by atoms with Crippen molar-refractivity contribution >= 4 is 11.8 Å². The fourth-order valence-corrected chi connectivity index (χ4v) is 2.38. The highest BCUT2D eigenvalue weighted by atomic mass is 16.2. The van der Waals surface area contributed by atoms with Crippen molar-refractivity contribution in [1.82, 2.24) is 14.8 Å². The topological polar surface area (TPSA) is 73.5 Å². The molecule has 0 atom stereocenters. The molecule has 0 saturated carbocycles. The van der Waals surface area contributed by atoms with Crippen molar-refractivity contribution in [3.05, 3.63) is 34.2 Å². The van der Waals surface area contributed by atoms with Crippen LogP contribution in [0.3, 0.4) is 0 Å². The van der Waals surface area contributed by atoms with Crippen LogP contribution in [0.4, 0.5) is 0 Å². The van der Waals surface area contributed by atoms with Crippen LogP contribution in [-0.2, 0) is 4.79 Å². The Morgan fingerprint density at radius 3 is 2.33 bits per heavy atom. The molecule has 0 bridgehead atoms. The molecule has 1 aliphatic heterocycles. The van der Waals surface area contributed by atoms with Crippen molar-refractivity contribution in [2.24, 2.45) is 5.92 Å². The average Bonchev–Trinajstić information content (AvgIpc) is 2.46.